The van der Waals surface area contributed by atoms with E-state index in [9.17, 15) is 4.79 Å². The van der Waals surface area contributed by atoms with Gasteiger partial charge in [-0.25, -0.2) is 4.98 Å². The molecule has 1 unspecified atom stereocenters. The predicted octanol–water partition coefficient (Wildman–Crippen LogP) is 2.11. The van der Waals surface area contributed by atoms with Crippen LogP contribution in [-0.4, -0.2) is 35.0 Å². The summed E-state index contributed by atoms with van der Waals surface area (Å²) in [6.45, 7) is 1.39. The second-order valence-corrected chi connectivity index (χ2v) is 6.93. The van der Waals surface area contributed by atoms with E-state index in [0.717, 1.165) is 28.6 Å². The molecule has 0 saturated carbocycles. The highest BCUT2D eigenvalue weighted by Gasteiger charge is 2.16. The van der Waals surface area contributed by atoms with Crippen LogP contribution >= 0.6 is 23.1 Å². The molecule has 2 aromatic rings. The standard InChI is InChI=1S/C14H17N3O2S2/c18-13(6-10-9-20-5-3-15-10)16-7-11-8-19-14(17-11)12-2-1-4-21-12/h1-2,4,8,10,15H,3,5-7,9H2,(H,16,18). The van der Waals surface area contributed by atoms with Crippen molar-refractivity contribution in [2.45, 2.75) is 19.0 Å². The first-order valence-electron chi connectivity index (χ1n) is 6.87. The Morgan fingerprint density at radius 3 is 3.29 bits per heavy atom. The van der Waals surface area contributed by atoms with Crippen LogP contribution < -0.4 is 10.6 Å². The second kappa shape index (κ2) is 7.11. The van der Waals surface area contributed by atoms with Crippen LogP contribution in [-0.2, 0) is 11.3 Å². The molecule has 21 heavy (non-hydrogen) atoms. The zero-order chi connectivity index (χ0) is 14.5. The van der Waals surface area contributed by atoms with E-state index >= 15 is 0 Å². The Labute approximate surface area is 131 Å². The lowest BCUT2D eigenvalue weighted by molar-refractivity contribution is -0.121. The summed E-state index contributed by atoms with van der Waals surface area (Å²) in [6, 6.07) is 4.20. The predicted molar refractivity (Wildman–Crippen MR) is 85.4 cm³/mol. The van der Waals surface area contributed by atoms with Crippen LogP contribution in [0.5, 0.6) is 0 Å². The van der Waals surface area contributed by atoms with Crippen molar-refractivity contribution in [3.8, 4) is 10.8 Å². The van der Waals surface area contributed by atoms with Gasteiger partial charge in [-0.3, -0.25) is 4.79 Å². The monoisotopic (exact) mass is 323 g/mol. The van der Waals surface area contributed by atoms with Crippen molar-refractivity contribution >= 4 is 29.0 Å². The van der Waals surface area contributed by atoms with E-state index in [2.05, 4.69) is 15.6 Å². The van der Waals surface area contributed by atoms with Gasteiger partial charge in [-0.2, -0.15) is 11.8 Å². The Kier molecular flexibility index (Phi) is 4.95. The van der Waals surface area contributed by atoms with Gasteiger partial charge in [0.15, 0.2) is 0 Å². The lowest BCUT2D eigenvalue weighted by atomic mass is 10.2. The molecule has 112 valence electrons. The number of rotatable bonds is 5. The maximum atomic E-state index is 11.9. The summed E-state index contributed by atoms with van der Waals surface area (Å²) in [6.07, 6.45) is 2.12. The smallest absolute Gasteiger partial charge is 0.236 e. The van der Waals surface area contributed by atoms with Gasteiger partial charge in [-0.1, -0.05) is 6.07 Å². The third-order valence-corrected chi connectivity index (χ3v) is 5.17. The van der Waals surface area contributed by atoms with Crippen LogP contribution in [0, 0.1) is 0 Å². The van der Waals surface area contributed by atoms with Crippen LogP contribution in [0.15, 0.2) is 28.2 Å². The maximum absolute atomic E-state index is 11.9. The van der Waals surface area contributed by atoms with E-state index in [1.165, 1.54) is 0 Å². The largest absolute Gasteiger partial charge is 0.443 e. The molecular formula is C14H17N3O2S2. The number of hydrogen-bond acceptors (Lipinski definition) is 6. The Bertz CT molecular complexity index is 577. The molecule has 0 bridgehead atoms. The SMILES string of the molecule is O=C(CC1CSCCN1)NCc1coc(-c2cccs2)n1. The van der Waals surface area contributed by atoms with E-state index in [1.807, 2.05) is 29.3 Å². The number of thioether (sulfide) groups is 1. The van der Waals surface area contributed by atoms with Crippen molar-refractivity contribution in [2.75, 3.05) is 18.1 Å². The number of carbonyl (C=O) groups excluding carboxylic acids is 1. The van der Waals surface area contributed by atoms with Crippen molar-refractivity contribution in [3.05, 3.63) is 29.5 Å². The molecule has 0 aliphatic carbocycles. The average Bonchev–Trinajstić information content (AvgIpc) is 3.17. The summed E-state index contributed by atoms with van der Waals surface area (Å²) in [5, 5.41) is 8.24. The molecule has 3 rings (SSSR count). The van der Waals surface area contributed by atoms with E-state index < -0.39 is 0 Å². The molecule has 1 aliphatic rings. The average molecular weight is 323 g/mol. The van der Waals surface area contributed by atoms with E-state index in [-0.39, 0.29) is 11.9 Å². The van der Waals surface area contributed by atoms with Crippen molar-refractivity contribution in [1.29, 1.82) is 0 Å². The molecule has 1 aliphatic heterocycles. The number of nitrogens with one attached hydrogen (secondary N) is 2. The Morgan fingerprint density at radius 1 is 1.57 bits per heavy atom. The van der Waals surface area contributed by atoms with Gasteiger partial charge in [0.2, 0.25) is 11.8 Å². The molecular weight excluding hydrogens is 306 g/mol. The first kappa shape index (κ1) is 14.6. The fourth-order valence-electron chi connectivity index (χ4n) is 2.14. The van der Waals surface area contributed by atoms with Gasteiger partial charge in [0.05, 0.1) is 17.1 Å². The molecule has 1 amide bonds. The normalized spacial score (nSPS) is 18.6. The summed E-state index contributed by atoms with van der Waals surface area (Å²) in [5.41, 5.74) is 0.748. The number of aromatic nitrogens is 1. The van der Waals surface area contributed by atoms with Crippen molar-refractivity contribution in [2.24, 2.45) is 0 Å². The Hall–Kier alpha value is -1.31. The molecule has 7 heteroatoms. The second-order valence-electron chi connectivity index (χ2n) is 4.83. The highest BCUT2D eigenvalue weighted by atomic mass is 32.2. The molecule has 0 spiro atoms. The fraction of sp³-hybridized carbons (Fsp3) is 0.429. The maximum Gasteiger partial charge on any atom is 0.236 e. The van der Waals surface area contributed by atoms with Crippen molar-refractivity contribution in [1.82, 2.24) is 15.6 Å². The number of thiophene rings is 1. The van der Waals surface area contributed by atoms with Gasteiger partial charge in [-0.15, -0.1) is 11.3 Å². The molecule has 2 aromatic heterocycles. The zero-order valence-electron chi connectivity index (χ0n) is 11.5. The minimum Gasteiger partial charge on any atom is -0.443 e. The minimum atomic E-state index is 0.0515. The molecule has 5 nitrogen and oxygen atoms in total. The first-order valence-corrected chi connectivity index (χ1v) is 8.91. The highest BCUT2D eigenvalue weighted by molar-refractivity contribution is 7.99. The van der Waals surface area contributed by atoms with Gasteiger partial charge in [0.1, 0.15) is 6.26 Å². The summed E-state index contributed by atoms with van der Waals surface area (Å²) in [7, 11) is 0. The van der Waals surface area contributed by atoms with Crippen LogP contribution in [0.25, 0.3) is 10.8 Å². The van der Waals surface area contributed by atoms with Crippen LogP contribution in [0.2, 0.25) is 0 Å². The van der Waals surface area contributed by atoms with Gasteiger partial charge >= 0.3 is 0 Å². The summed E-state index contributed by atoms with van der Waals surface area (Å²) >= 11 is 3.48. The molecule has 2 N–H and O–H groups in total. The first-order chi connectivity index (χ1) is 10.3. The molecule has 0 aromatic carbocycles. The lowest BCUT2D eigenvalue weighted by Crippen LogP contribution is -2.41. The van der Waals surface area contributed by atoms with E-state index in [1.54, 1.807) is 17.6 Å². The summed E-state index contributed by atoms with van der Waals surface area (Å²) in [4.78, 5) is 17.3. The van der Waals surface area contributed by atoms with Crippen LogP contribution in [0.4, 0.5) is 0 Å². The van der Waals surface area contributed by atoms with Gasteiger partial charge in [0.25, 0.3) is 0 Å². The summed E-state index contributed by atoms with van der Waals surface area (Å²) < 4.78 is 5.42. The Morgan fingerprint density at radius 2 is 2.52 bits per heavy atom. The fourth-order valence-corrected chi connectivity index (χ4v) is 3.74. The number of oxazole rings is 1. The molecule has 3 heterocycles. The third-order valence-electron chi connectivity index (χ3n) is 3.18. The van der Waals surface area contributed by atoms with Crippen molar-refractivity contribution < 1.29 is 9.21 Å². The third kappa shape index (κ3) is 4.09. The van der Waals surface area contributed by atoms with Crippen LogP contribution in [0.1, 0.15) is 12.1 Å². The number of carbonyl (C=O) groups is 1. The molecule has 1 atom stereocenters. The zero-order valence-corrected chi connectivity index (χ0v) is 13.1. The highest BCUT2D eigenvalue weighted by Crippen LogP contribution is 2.23. The van der Waals surface area contributed by atoms with Gasteiger partial charge in [-0.05, 0) is 11.4 Å². The molecule has 1 saturated heterocycles. The number of hydrogen-bond donors (Lipinski definition) is 2. The molecule has 1 fully saturated rings. The molecule has 0 radical (unpaired) electrons. The Balaban J connectivity index is 1.47. The van der Waals surface area contributed by atoms with Gasteiger partial charge in [0, 0.05) is 30.5 Å². The number of nitrogens with zero attached hydrogens (tertiary/aromatic N) is 1. The number of amides is 1. The van der Waals surface area contributed by atoms with Crippen molar-refractivity contribution in [3.63, 3.8) is 0 Å². The van der Waals surface area contributed by atoms with E-state index in [0.29, 0.717) is 18.9 Å². The van der Waals surface area contributed by atoms with Gasteiger partial charge < -0.3 is 15.1 Å². The summed E-state index contributed by atoms with van der Waals surface area (Å²) in [5.74, 6) is 2.79. The minimum absolute atomic E-state index is 0.0515. The lowest BCUT2D eigenvalue weighted by Gasteiger charge is -2.22. The van der Waals surface area contributed by atoms with Crippen LogP contribution in [0.3, 0.4) is 0 Å². The quantitative estimate of drug-likeness (QED) is 0.882. The van der Waals surface area contributed by atoms with E-state index in [4.69, 9.17) is 4.42 Å². The topological polar surface area (TPSA) is 67.2 Å².